The lowest BCUT2D eigenvalue weighted by Crippen LogP contribution is -2.23. The third-order valence-electron chi connectivity index (χ3n) is 5.76. The molecule has 34 heavy (non-hydrogen) atoms. The Balaban J connectivity index is 2.37. The van der Waals surface area contributed by atoms with Gasteiger partial charge >= 0.3 is 0 Å². The van der Waals surface area contributed by atoms with Gasteiger partial charge in [0.15, 0.2) is 11.6 Å². The first-order chi connectivity index (χ1) is 16.2. The van der Waals surface area contributed by atoms with Crippen molar-refractivity contribution in [1.29, 1.82) is 10.8 Å². The van der Waals surface area contributed by atoms with E-state index in [1.807, 2.05) is 20.8 Å². The molecule has 7 nitrogen and oxygen atoms in total. The van der Waals surface area contributed by atoms with Crippen molar-refractivity contribution in [1.82, 2.24) is 15.6 Å². The Morgan fingerprint density at radius 3 is 2.74 bits per heavy atom. The van der Waals surface area contributed by atoms with Crippen LogP contribution in [0.15, 0.2) is 47.8 Å². The van der Waals surface area contributed by atoms with Crippen LogP contribution < -0.4 is 21.1 Å². The Labute approximate surface area is 200 Å². The number of nitrogens with one attached hydrogen (secondary N) is 4. The number of rotatable bonds is 5. The van der Waals surface area contributed by atoms with Crippen LogP contribution in [0.4, 0.5) is 10.2 Å². The van der Waals surface area contributed by atoms with E-state index in [2.05, 4.69) is 15.6 Å². The van der Waals surface area contributed by atoms with Crippen molar-refractivity contribution < 1.29 is 9.13 Å². The van der Waals surface area contributed by atoms with Crippen LogP contribution in [0, 0.1) is 22.6 Å². The van der Waals surface area contributed by atoms with E-state index >= 15 is 0 Å². The average Bonchev–Trinajstić information content (AvgIpc) is 2.80. The zero-order chi connectivity index (χ0) is 25.0. The Bertz CT molecular complexity index is 1170. The molecule has 2 heterocycles. The molecule has 8 heteroatoms. The maximum Gasteiger partial charge on any atom is 0.166 e. The number of allylic oxidation sites excluding steroid dienone is 2. The lowest BCUT2D eigenvalue weighted by molar-refractivity contribution is 0.227. The van der Waals surface area contributed by atoms with Crippen molar-refractivity contribution in [2.75, 3.05) is 19.3 Å². The van der Waals surface area contributed by atoms with Crippen molar-refractivity contribution in [3.63, 3.8) is 0 Å². The van der Waals surface area contributed by atoms with Crippen LogP contribution in [0.2, 0.25) is 0 Å². The molecule has 1 aromatic carbocycles. The van der Waals surface area contributed by atoms with Gasteiger partial charge in [-0.05, 0) is 49.6 Å². The van der Waals surface area contributed by atoms with Crippen molar-refractivity contribution in [3.05, 3.63) is 70.3 Å². The minimum absolute atomic E-state index is 0.0413. The molecule has 0 spiro atoms. The number of nitrogens with two attached hydrogens (primary N) is 1. The molecule has 0 saturated carbocycles. The Morgan fingerprint density at radius 2 is 2.09 bits per heavy atom. The van der Waals surface area contributed by atoms with Crippen LogP contribution in [0.5, 0.6) is 5.75 Å². The summed E-state index contributed by atoms with van der Waals surface area (Å²) in [6.45, 7) is 8.35. The highest BCUT2D eigenvalue weighted by Gasteiger charge is 2.25. The highest BCUT2D eigenvalue weighted by atomic mass is 19.1. The van der Waals surface area contributed by atoms with Gasteiger partial charge in [-0.1, -0.05) is 13.8 Å². The highest BCUT2D eigenvalue weighted by molar-refractivity contribution is 6.14. The predicted molar refractivity (Wildman–Crippen MR) is 136 cm³/mol. The largest absolute Gasteiger partial charge is 0.482 e. The van der Waals surface area contributed by atoms with E-state index in [0.29, 0.717) is 41.1 Å². The van der Waals surface area contributed by atoms with Gasteiger partial charge in [-0.25, -0.2) is 9.37 Å². The molecule has 1 aliphatic heterocycles. The summed E-state index contributed by atoms with van der Waals surface area (Å²) in [5, 5.41) is 24.4. The monoisotopic (exact) mass is 464 g/mol. The maximum absolute atomic E-state index is 14.3. The fourth-order valence-corrected chi connectivity index (χ4v) is 4.01. The summed E-state index contributed by atoms with van der Waals surface area (Å²) in [6.07, 6.45) is 3.16. The minimum atomic E-state index is -0.583. The Morgan fingerprint density at radius 1 is 1.35 bits per heavy atom. The summed E-state index contributed by atoms with van der Waals surface area (Å²) in [5.41, 5.74) is 10.8. The van der Waals surface area contributed by atoms with Crippen molar-refractivity contribution in [2.45, 2.75) is 40.2 Å². The quantitative estimate of drug-likeness (QED) is 0.407. The third-order valence-corrected chi connectivity index (χ3v) is 5.76. The van der Waals surface area contributed by atoms with Gasteiger partial charge in [-0.3, -0.25) is 5.41 Å². The van der Waals surface area contributed by atoms with Crippen LogP contribution in [-0.2, 0) is 0 Å². The lowest BCUT2D eigenvalue weighted by atomic mass is 9.86. The highest BCUT2D eigenvalue weighted by Crippen LogP contribution is 2.34. The van der Waals surface area contributed by atoms with Crippen LogP contribution in [-0.4, -0.2) is 30.0 Å². The number of halogens is 1. The zero-order valence-electron chi connectivity index (χ0n) is 20.3. The second-order valence-electron chi connectivity index (χ2n) is 8.56. The van der Waals surface area contributed by atoms with Gasteiger partial charge in [-0.2, -0.15) is 0 Å². The van der Waals surface area contributed by atoms with Crippen LogP contribution in [0.25, 0.3) is 5.70 Å². The number of nitrogens with zero attached hydrogens (tertiary/aromatic N) is 1. The van der Waals surface area contributed by atoms with E-state index < -0.39 is 11.9 Å². The van der Waals surface area contributed by atoms with Gasteiger partial charge in [-0.15, -0.1) is 0 Å². The van der Waals surface area contributed by atoms with E-state index in [9.17, 15) is 4.39 Å². The second kappa shape index (κ2) is 10.5. The number of fused-ring (bicyclic) bond motifs is 3. The molecule has 6 N–H and O–H groups in total. The molecule has 0 aliphatic carbocycles. The molecule has 2 bridgehead atoms. The van der Waals surface area contributed by atoms with Crippen LogP contribution in [0.1, 0.15) is 56.9 Å². The number of aromatic nitrogens is 1. The first kappa shape index (κ1) is 25.0. The summed E-state index contributed by atoms with van der Waals surface area (Å²) in [4.78, 5) is 4.34. The summed E-state index contributed by atoms with van der Waals surface area (Å²) >= 11 is 0. The van der Waals surface area contributed by atoms with Gasteiger partial charge in [0.25, 0.3) is 0 Å². The number of ether oxygens (including phenoxy) is 1. The minimum Gasteiger partial charge on any atom is -0.482 e. The molecule has 3 rings (SSSR count). The van der Waals surface area contributed by atoms with Gasteiger partial charge in [0, 0.05) is 66.1 Å². The molecule has 1 aliphatic rings. The van der Waals surface area contributed by atoms with Crippen LogP contribution in [0.3, 0.4) is 0 Å². The van der Waals surface area contributed by atoms with Gasteiger partial charge in [0.2, 0.25) is 0 Å². The van der Waals surface area contributed by atoms with Crippen LogP contribution >= 0.6 is 0 Å². The molecular weight excluding hydrogens is 431 g/mol. The fourth-order valence-electron chi connectivity index (χ4n) is 4.01. The topological polar surface area (TPSA) is 120 Å². The Hall–Kier alpha value is -3.68. The second-order valence-corrected chi connectivity index (χ2v) is 8.56. The SMILES string of the molecule is CCN/C1=C(\C(=N)C(C)C)C/C(=C/NC)C(=N)c2ccc(F)cc2C(C)Oc2cc1cnc2N. The third kappa shape index (κ3) is 5.11. The van der Waals surface area contributed by atoms with Crippen molar-refractivity contribution >= 4 is 22.9 Å². The first-order valence-corrected chi connectivity index (χ1v) is 11.4. The average molecular weight is 465 g/mol. The maximum atomic E-state index is 14.3. The first-order valence-electron chi connectivity index (χ1n) is 11.4. The molecule has 1 aromatic heterocycles. The van der Waals surface area contributed by atoms with Gasteiger partial charge in [0.1, 0.15) is 11.9 Å². The molecule has 0 radical (unpaired) electrons. The number of nitrogen functional groups attached to an aromatic ring is 1. The number of anilines is 1. The summed E-state index contributed by atoms with van der Waals surface area (Å²) < 4.78 is 20.4. The molecule has 1 unspecified atom stereocenters. The number of benzene rings is 1. The normalized spacial score (nSPS) is 19.7. The van der Waals surface area contributed by atoms with E-state index in [-0.39, 0.29) is 17.4 Å². The fraction of sp³-hybridized carbons (Fsp3) is 0.346. The number of hydrogen-bond acceptors (Lipinski definition) is 7. The van der Waals surface area contributed by atoms with Gasteiger partial charge in [0.05, 0.1) is 5.71 Å². The van der Waals surface area contributed by atoms with E-state index in [0.717, 1.165) is 16.8 Å². The van der Waals surface area contributed by atoms with Gasteiger partial charge < -0.3 is 26.5 Å². The smallest absolute Gasteiger partial charge is 0.166 e. The molecule has 0 saturated heterocycles. The molecule has 180 valence electrons. The summed E-state index contributed by atoms with van der Waals surface area (Å²) in [7, 11) is 1.77. The van der Waals surface area contributed by atoms with Crippen molar-refractivity contribution in [2.24, 2.45) is 5.92 Å². The molecule has 0 amide bonds. The molecule has 2 aromatic rings. The predicted octanol–water partition coefficient (Wildman–Crippen LogP) is 4.81. The summed E-state index contributed by atoms with van der Waals surface area (Å²) in [6, 6.07) is 6.14. The number of hydrogen-bond donors (Lipinski definition) is 5. The summed E-state index contributed by atoms with van der Waals surface area (Å²) in [5.74, 6) is 0.127. The number of pyridine rings is 1. The van der Waals surface area contributed by atoms with E-state index in [4.69, 9.17) is 21.3 Å². The molecule has 0 fully saturated rings. The van der Waals surface area contributed by atoms with Crippen molar-refractivity contribution in [3.8, 4) is 5.75 Å². The standard InChI is InChI=1S/C26H33FN6O/c1-6-32-25-17-10-22(26(30)33-13-17)34-15(4)20-11-18(27)7-8-19(20)24(29)16(12-31-5)9-21(25)23(28)14(2)3/h7-8,10-15,28-29,31-32H,6,9H2,1-5H3,(H2,30,33)/b16-12-,25-21-,28-23?,29-24?. The van der Waals surface area contributed by atoms with E-state index in [1.54, 1.807) is 38.5 Å². The lowest BCUT2D eigenvalue weighted by Gasteiger charge is -2.25. The molecule has 1 atom stereocenters. The van der Waals surface area contributed by atoms with E-state index in [1.165, 1.54) is 12.1 Å². The zero-order valence-corrected chi connectivity index (χ0v) is 20.3. The molecular formula is C26H33FN6O. The Kier molecular flexibility index (Phi) is 7.71.